The number of nitrogens with one attached hydrogen (secondary N) is 3. The fourth-order valence-corrected chi connectivity index (χ4v) is 0.710. The van der Waals surface area contributed by atoms with Gasteiger partial charge in [0.15, 0.2) is 0 Å². The van der Waals surface area contributed by atoms with Crippen LogP contribution in [0.15, 0.2) is 9.59 Å². The molecule has 0 aliphatic heterocycles. The Bertz CT molecular complexity index is 448. The average Bonchev–Trinajstić information content (AvgIpc) is 2.09. The van der Waals surface area contributed by atoms with Crippen LogP contribution in [0.25, 0.3) is 0 Å². The number of aromatic amines is 2. The van der Waals surface area contributed by atoms with E-state index in [1.807, 2.05) is 10.1 Å². The quantitative estimate of drug-likeness (QED) is 0.475. The van der Waals surface area contributed by atoms with E-state index in [4.69, 9.17) is 0 Å². The maximum atomic E-state index is 11.0. The summed E-state index contributed by atoms with van der Waals surface area (Å²) >= 11 is 0. The molecule has 1 atom stereocenters. The summed E-state index contributed by atoms with van der Waals surface area (Å²) in [5.41, 5.74) is -1.55. The molecule has 0 aliphatic rings. The summed E-state index contributed by atoms with van der Waals surface area (Å²) in [5.74, 6) is -1.65. The van der Waals surface area contributed by atoms with Crippen LogP contribution in [-0.2, 0) is 4.79 Å². The van der Waals surface area contributed by atoms with Crippen molar-refractivity contribution in [3.8, 4) is 0 Å². The van der Waals surface area contributed by atoms with Crippen molar-refractivity contribution >= 4 is 11.8 Å². The third-order valence-electron chi connectivity index (χ3n) is 1.42. The maximum absolute atomic E-state index is 11.0. The van der Waals surface area contributed by atoms with Crippen molar-refractivity contribution in [1.29, 1.82) is 0 Å². The fraction of sp³-hybridized carbons (Fsp3) is 0.333. The Balaban J connectivity index is 2.93. The lowest BCUT2D eigenvalue weighted by molar-refractivity contribution is -0.306. The topological polar surface area (TPSA) is 131 Å². The minimum Gasteiger partial charge on any atom is -0.548 e. The molecular weight excluding hydrogens is 192 g/mol. The first-order valence-electron chi connectivity index (χ1n) is 3.67. The van der Waals surface area contributed by atoms with E-state index in [9.17, 15) is 19.5 Å². The first-order valence-corrected chi connectivity index (χ1v) is 3.67. The summed E-state index contributed by atoms with van der Waals surface area (Å²) in [7, 11) is 0. The lowest BCUT2D eigenvalue weighted by atomic mass is 10.3. The summed E-state index contributed by atoms with van der Waals surface area (Å²) < 4.78 is 0. The molecule has 8 nitrogen and oxygen atoms in total. The molecule has 1 rings (SSSR count). The van der Waals surface area contributed by atoms with Crippen LogP contribution in [0.4, 0.5) is 5.82 Å². The molecule has 0 saturated carbocycles. The van der Waals surface area contributed by atoms with Gasteiger partial charge in [-0.1, -0.05) is 0 Å². The van der Waals surface area contributed by atoms with E-state index >= 15 is 0 Å². The lowest BCUT2D eigenvalue weighted by Gasteiger charge is -2.13. The predicted molar refractivity (Wildman–Crippen MR) is 43.6 cm³/mol. The maximum Gasteiger partial charge on any atom is 0.342 e. The lowest BCUT2D eigenvalue weighted by Crippen LogP contribution is -2.41. The van der Waals surface area contributed by atoms with Gasteiger partial charge in [0, 0.05) is 0 Å². The third kappa shape index (κ3) is 2.19. The largest absolute Gasteiger partial charge is 0.548 e. The summed E-state index contributed by atoms with van der Waals surface area (Å²) in [6, 6.07) is -1.07. The van der Waals surface area contributed by atoms with Gasteiger partial charge in [-0.15, -0.1) is 5.10 Å². The second kappa shape index (κ2) is 3.73. The molecule has 0 bridgehead atoms. The van der Waals surface area contributed by atoms with Crippen LogP contribution in [0.3, 0.4) is 0 Å². The second-order valence-corrected chi connectivity index (χ2v) is 2.54. The summed E-state index contributed by atoms with van der Waals surface area (Å²) in [4.78, 5) is 33.7. The van der Waals surface area contributed by atoms with Crippen LogP contribution in [0.2, 0.25) is 0 Å². The van der Waals surface area contributed by atoms with Crippen LogP contribution < -0.4 is 21.7 Å². The average molecular weight is 199 g/mol. The van der Waals surface area contributed by atoms with Crippen molar-refractivity contribution in [2.45, 2.75) is 13.0 Å². The normalized spacial score (nSPS) is 12.1. The van der Waals surface area contributed by atoms with Gasteiger partial charge in [0.05, 0.1) is 12.0 Å². The zero-order valence-electron chi connectivity index (χ0n) is 7.16. The number of aromatic nitrogens is 3. The molecule has 3 N–H and O–H groups in total. The molecule has 0 aromatic carbocycles. The summed E-state index contributed by atoms with van der Waals surface area (Å²) in [6.07, 6.45) is 0. The highest BCUT2D eigenvalue weighted by Crippen LogP contribution is 1.91. The number of hydrogen-bond donors (Lipinski definition) is 3. The van der Waals surface area contributed by atoms with Gasteiger partial charge in [-0.05, 0) is 6.92 Å². The Morgan fingerprint density at radius 3 is 2.71 bits per heavy atom. The smallest absolute Gasteiger partial charge is 0.342 e. The number of rotatable bonds is 3. The van der Waals surface area contributed by atoms with Gasteiger partial charge in [-0.2, -0.15) is 0 Å². The van der Waals surface area contributed by atoms with E-state index in [1.165, 1.54) is 6.92 Å². The third-order valence-corrected chi connectivity index (χ3v) is 1.42. The first-order chi connectivity index (χ1) is 6.50. The number of carboxylic acids is 1. The monoisotopic (exact) mass is 199 g/mol. The first kappa shape index (κ1) is 9.96. The highest BCUT2D eigenvalue weighted by molar-refractivity contribution is 5.73. The molecule has 8 heteroatoms. The number of hydrogen-bond acceptors (Lipinski definition) is 6. The summed E-state index contributed by atoms with van der Waals surface area (Å²) in [5, 5.41) is 17.8. The van der Waals surface area contributed by atoms with Gasteiger partial charge < -0.3 is 15.2 Å². The predicted octanol–water partition coefficient (Wildman–Crippen LogP) is -2.99. The number of carbonyl (C=O) groups is 1. The van der Waals surface area contributed by atoms with Crippen LogP contribution in [0.5, 0.6) is 0 Å². The Hall–Kier alpha value is -2.12. The molecule has 0 spiro atoms. The van der Waals surface area contributed by atoms with E-state index in [0.717, 1.165) is 0 Å². The fourth-order valence-electron chi connectivity index (χ4n) is 0.710. The van der Waals surface area contributed by atoms with E-state index in [0.29, 0.717) is 0 Å². The molecule has 0 aliphatic carbocycles. The molecule has 14 heavy (non-hydrogen) atoms. The molecular formula is C6H7N4O4-. The van der Waals surface area contributed by atoms with E-state index in [2.05, 4.69) is 10.4 Å². The standard InChI is InChI=1S/C6H8N4O4/c1-2(5(12)13)7-3-4(11)8-6(14)10-9-3/h2H,1H3,(H,7,9)(H,12,13)(H2,8,10,11,14)/p-1. The molecule has 76 valence electrons. The van der Waals surface area contributed by atoms with Crippen molar-refractivity contribution in [3.05, 3.63) is 20.8 Å². The Morgan fingerprint density at radius 1 is 1.57 bits per heavy atom. The molecule has 1 heterocycles. The molecule has 1 unspecified atom stereocenters. The zero-order chi connectivity index (χ0) is 10.7. The number of carboxylic acid groups (broad SMARTS) is 1. The van der Waals surface area contributed by atoms with E-state index in [-0.39, 0.29) is 5.82 Å². The van der Waals surface area contributed by atoms with Crippen LogP contribution in [0.1, 0.15) is 6.92 Å². The molecule has 0 saturated heterocycles. The van der Waals surface area contributed by atoms with Gasteiger partial charge in [-0.3, -0.25) is 9.78 Å². The van der Waals surface area contributed by atoms with Crippen molar-refractivity contribution in [2.24, 2.45) is 0 Å². The highest BCUT2D eigenvalue weighted by Gasteiger charge is 2.06. The van der Waals surface area contributed by atoms with E-state index in [1.54, 1.807) is 0 Å². The number of anilines is 1. The highest BCUT2D eigenvalue weighted by atomic mass is 16.4. The van der Waals surface area contributed by atoms with Crippen molar-refractivity contribution < 1.29 is 9.90 Å². The number of carbonyl (C=O) groups excluding carboxylic acids is 1. The van der Waals surface area contributed by atoms with E-state index < -0.39 is 23.3 Å². The van der Waals surface area contributed by atoms with Gasteiger partial charge in [0.1, 0.15) is 0 Å². The minimum absolute atomic E-state index is 0.277. The second-order valence-electron chi connectivity index (χ2n) is 2.54. The number of aliphatic carboxylic acids is 1. The summed E-state index contributed by atoms with van der Waals surface area (Å²) in [6.45, 7) is 1.28. The van der Waals surface area contributed by atoms with Crippen LogP contribution in [-0.4, -0.2) is 27.2 Å². The van der Waals surface area contributed by atoms with Crippen molar-refractivity contribution in [1.82, 2.24) is 15.2 Å². The van der Waals surface area contributed by atoms with Gasteiger partial charge in [0.25, 0.3) is 5.56 Å². The number of nitrogens with zero attached hydrogens (tertiary/aromatic N) is 1. The molecule has 0 radical (unpaired) electrons. The Morgan fingerprint density at radius 2 is 2.21 bits per heavy atom. The molecule has 1 aromatic heterocycles. The van der Waals surface area contributed by atoms with Crippen molar-refractivity contribution in [3.63, 3.8) is 0 Å². The van der Waals surface area contributed by atoms with Crippen LogP contribution >= 0.6 is 0 Å². The zero-order valence-corrected chi connectivity index (χ0v) is 7.16. The Labute approximate surface area is 77.0 Å². The van der Waals surface area contributed by atoms with Crippen molar-refractivity contribution in [2.75, 3.05) is 5.32 Å². The van der Waals surface area contributed by atoms with Gasteiger partial charge in [0.2, 0.25) is 5.82 Å². The Kier molecular flexibility index (Phi) is 2.65. The molecule has 1 aromatic rings. The SMILES string of the molecule is CC(Nc1n[nH]c(=O)[nH]c1=O)C(=O)[O-]. The molecule has 0 amide bonds. The van der Waals surface area contributed by atoms with Gasteiger partial charge in [-0.25, -0.2) is 9.89 Å². The number of H-pyrrole nitrogens is 2. The molecule has 0 fully saturated rings. The van der Waals surface area contributed by atoms with Crippen LogP contribution in [0, 0.1) is 0 Å². The van der Waals surface area contributed by atoms with Gasteiger partial charge >= 0.3 is 5.69 Å². The minimum atomic E-state index is -1.38.